The first kappa shape index (κ1) is 10.9. The molecule has 82 valence electrons. The predicted molar refractivity (Wildman–Crippen MR) is 68.9 cm³/mol. The van der Waals surface area contributed by atoms with Gasteiger partial charge in [-0.05, 0) is 23.2 Å². The van der Waals surface area contributed by atoms with Crippen molar-refractivity contribution in [1.82, 2.24) is 0 Å². The highest BCUT2D eigenvalue weighted by Crippen LogP contribution is 2.13. The lowest BCUT2D eigenvalue weighted by atomic mass is 10.2. The molecule has 0 heterocycles. The van der Waals surface area contributed by atoms with Crippen LogP contribution in [0.1, 0.15) is 5.56 Å². The van der Waals surface area contributed by atoms with E-state index >= 15 is 0 Å². The van der Waals surface area contributed by atoms with Crippen molar-refractivity contribution in [2.24, 2.45) is 10.1 Å². The fourth-order valence-electron chi connectivity index (χ4n) is 1.34. The number of para-hydroxylation sites is 1. The third kappa shape index (κ3) is 3.19. The van der Waals surface area contributed by atoms with E-state index in [-0.39, 0.29) is 0 Å². The lowest BCUT2D eigenvalue weighted by Crippen LogP contribution is -1.78. The Balaban J connectivity index is 2.14. The molecular weight excluding hydrogens is 212 g/mol. The first-order chi connectivity index (χ1) is 8.38. The molecule has 0 saturated heterocycles. The standard InChI is InChI=1S/C13H10N4/c14-17-16-13-8-6-11(7-9-13)10-15-12-4-2-1-3-5-12/h1-10H. The monoisotopic (exact) mass is 222 g/mol. The minimum Gasteiger partial charge on any atom is -0.256 e. The Morgan fingerprint density at radius 2 is 1.59 bits per heavy atom. The molecule has 0 aromatic heterocycles. The van der Waals surface area contributed by atoms with E-state index < -0.39 is 0 Å². The molecule has 17 heavy (non-hydrogen) atoms. The van der Waals surface area contributed by atoms with Crippen LogP contribution in [0.25, 0.3) is 10.4 Å². The topological polar surface area (TPSA) is 61.1 Å². The van der Waals surface area contributed by atoms with Gasteiger partial charge in [-0.2, -0.15) is 0 Å². The van der Waals surface area contributed by atoms with Crippen LogP contribution in [0, 0.1) is 0 Å². The highest BCUT2D eigenvalue weighted by molar-refractivity contribution is 5.82. The van der Waals surface area contributed by atoms with Crippen molar-refractivity contribution in [3.63, 3.8) is 0 Å². The van der Waals surface area contributed by atoms with Gasteiger partial charge in [0.1, 0.15) is 0 Å². The van der Waals surface area contributed by atoms with Crippen LogP contribution in [-0.2, 0) is 0 Å². The van der Waals surface area contributed by atoms with Crippen LogP contribution in [-0.4, -0.2) is 6.21 Å². The average molecular weight is 222 g/mol. The normalized spacial score (nSPS) is 10.1. The maximum Gasteiger partial charge on any atom is 0.0629 e. The summed E-state index contributed by atoms with van der Waals surface area (Å²) in [4.78, 5) is 7.04. The summed E-state index contributed by atoms with van der Waals surface area (Å²) < 4.78 is 0. The Bertz CT molecular complexity index is 552. The summed E-state index contributed by atoms with van der Waals surface area (Å²) in [6, 6.07) is 16.9. The number of aliphatic imine (C=N–C) groups is 1. The molecule has 0 atom stereocenters. The highest BCUT2D eigenvalue weighted by atomic mass is 15.1. The maximum absolute atomic E-state index is 8.27. The van der Waals surface area contributed by atoms with Crippen molar-refractivity contribution in [1.29, 1.82) is 0 Å². The van der Waals surface area contributed by atoms with Gasteiger partial charge in [-0.1, -0.05) is 47.6 Å². The molecule has 4 nitrogen and oxygen atoms in total. The highest BCUT2D eigenvalue weighted by Gasteiger charge is 1.90. The molecule has 0 amide bonds. The van der Waals surface area contributed by atoms with Crippen LogP contribution < -0.4 is 0 Å². The van der Waals surface area contributed by atoms with E-state index in [9.17, 15) is 0 Å². The fraction of sp³-hybridized carbons (Fsp3) is 0. The van der Waals surface area contributed by atoms with Gasteiger partial charge < -0.3 is 0 Å². The van der Waals surface area contributed by atoms with Crippen molar-refractivity contribution in [3.05, 3.63) is 70.6 Å². The van der Waals surface area contributed by atoms with E-state index in [4.69, 9.17) is 5.53 Å². The van der Waals surface area contributed by atoms with Crippen molar-refractivity contribution < 1.29 is 0 Å². The second-order valence-electron chi connectivity index (χ2n) is 3.37. The maximum atomic E-state index is 8.27. The van der Waals surface area contributed by atoms with Gasteiger partial charge in [-0.15, -0.1) is 0 Å². The molecule has 0 spiro atoms. The van der Waals surface area contributed by atoms with Crippen molar-refractivity contribution in [2.75, 3.05) is 0 Å². The number of azide groups is 1. The third-order valence-corrected chi connectivity index (χ3v) is 2.17. The van der Waals surface area contributed by atoms with Crippen LogP contribution >= 0.6 is 0 Å². The zero-order valence-corrected chi connectivity index (χ0v) is 9.06. The molecule has 2 aromatic rings. The van der Waals surface area contributed by atoms with Crippen LogP contribution in [0.15, 0.2) is 64.7 Å². The van der Waals surface area contributed by atoms with Gasteiger partial charge >= 0.3 is 0 Å². The van der Waals surface area contributed by atoms with E-state index in [0.717, 1.165) is 11.3 Å². The Labute approximate surface area is 98.9 Å². The molecule has 0 fully saturated rings. The summed E-state index contributed by atoms with van der Waals surface area (Å²) in [6.45, 7) is 0. The van der Waals surface area contributed by atoms with E-state index in [0.29, 0.717) is 5.69 Å². The quantitative estimate of drug-likeness (QED) is 0.320. The largest absolute Gasteiger partial charge is 0.256 e. The van der Waals surface area contributed by atoms with Crippen LogP contribution in [0.3, 0.4) is 0 Å². The van der Waals surface area contributed by atoms with Crippen LogP contribution in [0.4, 0.5) is 11.4 Å². The lowest BCUT2D eigenvalue weighted by molar-refractivity contribution is 1.47. The van der Waals surface area contributed by atoms with Gasteiger partial charge in [0.25, 0.3) is 0 Å². The van der Waals surface area contributed by atoms with Crippen molar-refractivity contribution in [3.8, 4) is 0 Å². The number of hydrogen-bond donors (Lipinski definition) is 0. The zero-order chi connectivity index (χ0) is 11.9. The van der Waals surface area contributed by atoms with E-state index in [2.05, 4.69) is 15.0 Å². The number of hydrogen-bond acceptors (Lipinski definition) is 2. The Morgan fingerprint density at radius 1 is 0.882 bits per heavy atom. The first-order valence-corrected chi connectivity index (χ1v) is 5.13. The molecule has 0 N–H and O–H groups in total. The SMILES string of the molecule is [N-]=[N+]=Nc1ccc(C=Nc2ccccc2)cc1. The predicted octanol–water partition coefficient (Wildman–Crippen LogP) is 4.38. The van der Waals surface area contributed by atoms with Gasteiger partial charge in [0.05, 0.1) is 5.69 Å². The minimum atomic E-state index is 0.601. The summed E-state index contributed by atoms with van der Waals surface area (Å²) in [7, 11) is 0. The second-order valence-corrected chi connectivity index (χ2v) is 3.37. The smallest absolute Gasteiger partial charge is 0.0629 e. The molecule has 4 heteroatoms. The third-order valence-electron chi connectivity index (χ3n) is 2.17. The Morgan fingerprint density at radius 3 is 2.24 bits per heavy atom. The molecule has 0 aliphatic rings. The summed E-state index contributed by atoms with van der Waals surface area (Å²) in [5, 5.41) is 3.50. The first-order valence-electron chi connectivity index (χ1n) is 5.13. The fourth-order valence-corrected chi connectivity index (χ4v) is 1.34. The van der Waals surface area contributed by atoms with Gasteiger partial charge in [0, 0.05) is 16.8 Å². The Kier molecular flexibility index (Phi) is 3.53. The summed E-state index contributed by atoms with van der Waals surface area (Å²) in [5.74, 6) is 0. The second kappa shape index (κ2) is 5.49. The molecule has 2 rings (SSSR count). The van der Waals surface area contributed by atoms with Gasteiger partial charge in [0.2, 0.25) is 0 Å². The minimum absolute atomic E-state index is 0.601. The molecule has 2 aromatic carbocycles. The van der Waals surface area contributed by atoms with E-state index in [1.807, 2.05) is 42.5 Å². The van der Waals surface area contributed by atoms with Crippen LogP contribution in [0.2, 0.25) is 0 Å². The molecule has 0 bridgehead atoms. The molecule has 0 unspecified atom stereocenters. The number of rotatable bonds is 3. The molecular formula is C13H10N4. The Hall–Kier alpha value is -2.58. The number of nitrogens with zero attached hydrogens (tertiary/aromatic N) is 4. The summed E-state index contributed by atoms with van der Waals surface area (Å²) in [5.41, 5.74) is 10.7. The van der Waals surface area contributed by atoms with E-state index in [1.165, 1.54) is 0 Å². The molecule has 0 aliphatic heterocycles. The summed E-state index contributed by atoms with van der Waals surface area (Å²) in [6.07, 6.45) is 1.77. The zero-order valence-electron chi connectivity index (χ0n) is 9.06. The summed E-state index contributed by atoms with van der Waals surface area (Å²) >= 11 is 0. The van der Waals surface area contributed by atoms with E-state index in [1.54, 1.807) is 18.3 Å². The van der Waals surface area contributed by atoms with Gasteiger partial charge in [0.15, 0.2) is 0 Å². The molecule has 0 radical (unpaired) electrons. The molecule has 0 saturated carbocycles. The lowest BCUT2D eigenvalue weighted by Gasteiger charge is -1.94. The van der Waals surface area contributed by atoms with Crippen molar-refractivity contribution >= 4 is 17.6 Å². The van der Waals surface area contributed by atoms with Gasteiger partial charge in [-0.3, -0.25) is 4.99 Å². The van der Waals surface area contributed by atoms with Crippen molar-refractivity contribution in [2.45, 2.75) is 0 Å². The number of benzene rings is 2. The van der Waals surface area contributed by atoms with Gasteiger partial charge in [-0.25, -0.2) is 0 Å². The average Bonchev–Trinajstić information content (AvgIpc) is 2.40. The molecule has 0 aliphatic carbocycles. The van der Waals surface area contributed by atoms with Crippen LogP contribution in [0.5, 0.6) is 0 Å².